The largest absolute Gasteiger partial charge is 1.00 e. The summed E-state index contributed by atoms with van der Waals surface area (Å²) in [5.41, 5.74) is -0.727. The van der Waals surface area contributed by atoms with E-state index < -0.39 is 11.9 Å². The minimum absolute atomic E-state index is 0. The van der Waals surface area contributed by atoms with Gasteiger partial charge in [0, 0.05) is 11.1 Å². The Labute approximate surface area is 111 Å². The van der Waals surface area contributed by atoms with Gasteiger partial charge < -0.3 is 19.8 Å². The molecule has 0 aliphatic carbocycles. The fourth-order valence-corrected chi connectivity index (χ4v) is 0.839. The van der Waals surface area contributed by atoms with Crippen LogP contribution in [-0.4, -0.2) is 11.9 Å². The van der Waals surface area contributed by atoms with Crippen LogP contribution in [0.25, 0.3) is 0 Å². The zero-order valence-corrected chi connectivity index (χ0v) is 10.9. The van der Waals surface area contributed by atoms with Crippen molar-refractivity contribution in [1.29, 1.82) is 0 Å². The van der Waals surface area contributed by atoms with E-state index in [0.29, 0.717) is 0 Å². The summed E-state index contributed by atoms with van der Waals surface area (Å²) in [6, 6.07) is 5.14. The molecule has 0 aliphatic heterocycles. The topological polar surface area (TPSA) is 80.3 Å². The quantitative estimate of drug-likeness (QED) is 0.411. The molecule has 0 amide bonds. The molecule has 1 rings (SSSR count). The Kier molecular flexibility index (Phi) is 8.04. The van der Waals surface area contributed by atoms with Crippen LogP contribution in [0.1, 0.15) is 20.7 Å². The molecule has 0 bridgehead atoms. The zero-order chi connectivity index (χ0) is 9.14. The Bertz CT molecular complexity index is 305. The van der Waals surface area contributed by atoms with E-state index in [-0.39, 0.29) is 55.9 Å². The van der Waals surface area contributed by atoms with Gasteiger partial charge in [-0.2, -0.15) is 0 Å². The second-order valence-electron chi connectivity index (χ2n) is 2.12. The van der Waals surface area contributed by atoms with E-state index >= 15 is 0 Å². The first-order valence-electron chi connectivity index (χ1n) is 3.14. The van der Waals surface area contributed by atoms with E-state index in [0.717, 1.165) is 12.1 Å². The zero-order valence-electron chi connectivity index (χ0n) is 6.55. The van der Waals surface area contributed by atoms with Gasteiger partial charge >= 0.3 is 44.8 Å². The van der Waals surface area contributed by atoms with Crippen LogP contribution in [0.2, 0.25) is 0 Å². The number of carboxylic acids is 2. The van der Waals surface area contributed by atoms with Crippen LogP contribution in [-0.2, 0) is 44.8 Å². The molecule has 0 heterocycles. The Hall–Kier alpha value is -0.359. The summed E-state index contributed by atoms with van der Waals surface area (Å²) in [6.07, 6.45) is 0. The van der Waals surface area contributed by atoms with E-state index in [9.17, 15) is 19.8 Å². The van der Waals surface area contributed by atoms with Gasteiger partial charge in [0.15, 0.2) is 0 Å². The summed E-state index contributed by atoms with van der Waals surface area (Å²) >= 11 is 0. The van der Waals surface area contributed by atoms with Crippen molar-refractivity contribution in [3.05, 3.63) is 35.4 Å². The number of hydrogen-bond acceptors (Lipinski definition) is 4. The van der Waals surface area contributed by atoms with Crippen LogP contribution in [0.4, 0.5) is 0 Å². The second-order valence-corrected chi connectivity index (χ2v) is 2.12. The molecule has 0 spiro atoms. The molecule has 0 radical (unpaired) electrons. The summed E-state index contributed by atoms with van der Waals surface area (Å²) in [7, 11) is 0. The van der Waals surface area contributed by atoms with Crippen molar-refractivity contribution in [2.75, 3.05) is 0 Å². The molecule has 0 atom stereocenters. The third-order valence-corrected chi connectivity index (χ3v) is 1.37. The van der Waals surface area contributed by atoms with E-state index in [1.165, 1.54) is 12.1 Å². The molecule has 1 aromatic rings. The molecule has 0 saturated heterocycles. The van der Waals surface area contributed by atoms with Crippen LogP contribution >= 0.6 is 0 Å². The third kappa shape index (κ3) is 3.79. The first-order chi connectivity index (χ1) is 5.63. The van der Waals surface area contributed by atoms with E-state index in [1.807, 2.05) is 0 Å². The van der Waals surface area contributed by atoms with Crippen molar-refractivity contribution in [2.45, 2.75) is 0 Å². The molecule has 0 fully saturated rings. The van der Waals surface area contributed by atoms with Crippen LogP contribution in [0.5, 0.6) is 0 Å². The van der Waals surface area contributed by atoms with Gasteiger partial charge in [-0.3, -0.25) is 0 Å². The number of carboxylic acid groups (broad SMARTS) is 2. The van der Waals surface area contributed by atoms with Crippen LogP contribution in [0.15, 0.2) is 24.3 Å². The van der Waals surface area contributed by atoms with Gasteiger partial charge in [0.1, 0.15) is 0 Å². The van der Waals surface area contributed by atoms with Gasteiger partial charge in [-0.05, 0) is 0 Å². The second kappa shape index (κ2) is 7.00. The third-order valence-electron chi connectivity index (χ3n) is 1.37. The maximum atomic E-state index is 10.3. The molecule has 0 saturated carbocycles. The molecular formula is C8H4Au2O4. The fourth-order valence-electron chi connectivity index (χ4n) is 0.839. The first kappa shape index (κ1) is 16.1. The molecule has 0 aliphatic rings. The number of aromatic carboxylic acids is 2. The number of carbonyl (C=O) groups excluding carboxylic acids is 2. The molecule has 82 valence electrons. The van der Waals surface area contributed by atoms with Gasteiger partial charge in [0.25, 0.3) is 0 Å². The summed E-state index contributed by atoms with van der Waals surface area (Å²) in [5, 5.41) is 20.6. The van der Waals surface area contributed by atoms with Gasteiger partial charge in [-0.25, -0.2) is 0 Å². The Morgan fingerprint density at radius 3 is 1.36 bits per heavy atom. The minimum Gasteiger partial charge on any atom is -0.545 e. The smallest absolute Gasteiger partial charge is 0.545 e. The SMILES string of the molecule is O=C([O-])c1ccccc1C(=O)[O-].[Au+].[Au+]. The monoisotopic (exact) mass is 558 g/mol. The summed E-state index contributed by atoms with van der Waals surface area (Å²) in [6.45, 7) is 0. The average Bonchev–Trinajstić information content (AvgIpc) is 2.04. The number of benzene rings is 1. The molecule has 0 N–H and O–H groups in total. The van der Waals surface area contributed by atoms with Crippen molar-refractivity contribution in [1.82, 2.24) is 0 Å². The van der Waals surface area contributed by atoms with Crippen LogP contribution in [0, 0.1) is 0 Å². The number of hydrogen-bond donors (Lipinski definition) is 0. The van der Waals surface area contributed by atoms with Crippen LogP contribution < -0.4 is 10.2 Å². The van der Waals surface area contributed by atoms with Crippen molar-refractivity contribution in [2.24, 2.45) is 0 Å². The van der Waals surface area contributed by atoms with Crippen molar-refractivity contribution < 1.29 is 64.6 Å². The maximum absolute atomic E-state index is 10.3. The normalized spacial score (nSPS) is 8.00. The summed E-state index contributed by atoms with van der Waals surface area (Å²) < 4.78 is 0. The van der Waals surface area contributed by atoms with E-state index in [2.05, 4.69) is 0 Å². The predicted molar refractivity (Wildman–Crippen MR) is 35.1 cm³/mol. The molecule has 0 aromatic heterocycles. The van der Waals surface area contributed by atoms with Gasteiger partial charge in [0.05, 0.1) is 11.9 Å². The molecule has 4 nitrogen and oxygen atoms in total. The van der Waals surface area contributed by atoms with Gasteiger partial charge in [-0.1, -0.05) is 24.3 Å². The van der Waals surface area contributed by atoms with Crippen molar-refractivity contribution in [3.8, 4) is 0 Å². The Morgan fingerprint density at radius 2 is 1.14 bits per heavy atom. The Morgan fingerprint density at radius 1 is 0.857 bits per heavy atom. The van der Waals surface area contributed by atoms with Crippen molar-refractivity contribution in [3.63, 3.8) is 0 Å². The number of rotatable bonds is 2. The first-order valence-corrected chi connectivity index (χ1v) is 3.14. The standard InChI is InChI=1S/C8H6O4.2Au/c9-7(10)5-3-1-2-4-6(5)8(11)12;;/h1-4H,(H,9,10)(H,11,12);;/q;2*+1/p-2. The predicted octanol–water partition coefficient (Wildman–Crippen LogP) is -1.59. The van der Waals surface area contributed by atoms with E-state index in [1.54, 1.807) is 0 Å². The molecule has 0 unspecified atom stereocenters. The molecule has 14 heavy (non-hydrogen) atoms. The maximum Gasteiger partial charge on any atom is 1.00 e. The average molecular weight is 558 g/mol. The summed E-state index contributed by atoms with van der Waals surface area (Å²) in [5.74, 6) is -3.04. The fraction of sp³-hybridized carbons (Fsp3) is 0. The molecule has 6 heteroatoms. The van der Waals surface area contributed by atoms with E-state index in [4.69, 9.17) is 0 Å². The van der Waals surface area contributed by atoms with Crippen molar-refractivity contribution >= 4 is 11.9 Å². The summed E-state index contributed by atoms with van der Waals surface area (Å²) in [4.78, 5) is 20.6. The van der Waals surface area contributed by atoms with Gasteiger partial charge in [-0.15, -0.1) is 0 Å². The Balaban J connectivity index is 0. The molecular weight excluding hydrogens is 554 g/mol. The minimum atomic E-state index is -1.52. The molecule has 1 aromatic carbocycles. The van der Waals surface area contributed by atoms with Crippen LogP contribution in [0.3, 0.4) is 0 Å². The van der Waals surface area contributed by atoms with Gasteiger partial charge in [0.2, 0.25) is 0 Å². The number of carbonyl (C=O) groups is 2.